The first-order chi connectivity index (χ1) is 11.0. The standard InChI is InChI=1S/C17H32N4O2/c1-4-13(2)15(19-17(23)21-10-5-6-11-21)16(22)18-9-12-20(3)14-7-8-14/h13-15H,4-12H2,1-3H3,(H,18,22)(H,19,23)/t13-,15-/m0/s1. The maximum absolute atomic E-state index is 12.5. The van der Waals surface area contributed by atoms with Gasteiger partial charge in [0.05, 0.1) is 0 Å². The van der Waals surface area contributed by atoms with Crippen LogP contribution in [0.4, 0.5) is 4.79 Å². The van der Waals surface area contributed by atoms with Gasteiger partial charge < -0.3 is 20.4 Å². The highest BCUT2D eigenvalue weighted by Crippen LogP contribution is 2.24. The van der Waals surface area contributed by atoms with E-state index in [0.717, 1.165) is 38.9 Å². The zero-order chi connectivity index (χ0) is 16.8. The number of urea groups is 1. The maximum Gasteiger partial charge on any atom is 0.318 e. The van der Waals surface area contributed by atoms with Gasteiger partial charge in [-0.1, -0.05) is 20.3 Å². The first-order valence-corrected chi connectivity index (χ1v) is 9.06. The number of likely N-dealkylation sites (N-methyl/N-ethyl adjacent to an activating group) is 1. The molecule has 1 saturated carbocycles. The van der Waals surface area contributed by atoms with Crippen molar-refractivity contribution in [1.82, 2.24) is 20.4 Å². The Bertz CT molecular complexity index is 405. The molecule has 3 amide bonds. The monoisotopic (exact) mass is 324 g/mol. The van der Waals surface area contributed by atoms with Crippen molar-refractivity contribution in [2.24, 2.45) is 5.92 Å². The molecule has 1 saturated heterocycles. The maximum atomic E-state index is 12.5. The van der Waals surface area contributed by atoms with Gasteiger partial charge in [0, 0.05) is 32.2 Å². The van der Waals surface area contributed by atoms with Crippen molar-refractivity contribution in [3.05, 3.63) is 0 Å². The molecule has 1 heterocycles. The third kappa shape index (κ3) is 5.37. The van der Waals surface area contributed by atoms with Crippen molar-refractivity contribution in [2.75, 3.05) is 33.2 Å². The number of rotatable bonds is 8. The van der Waals surface area contributed by atoms with Gasteiger partial charge in [-0.05, 0) is 38.6 Å². The summed E-state index contributed by atoms with van der Waals surface area (Å²) >= 11 is 0. The lowest BCUT2D eigenvalue weighted by Gasteiger charge is -2.26. The van der Waals surface area contributed by atoms with Crippen molar-refractivity contribution >= 4 is 11.9 Å². The van der Waals surface area contributed by atoms with E-state index in [2.05, 4.69) is 22.6 Å². The van der Waals surface area contributed by atoms with Gasteiger partial charge in [-0.3, -0.25) is 4.79 Å². The van der Waals surface area contributed by atoms with Crippen LogP contribution in [0.1, 0.15) is 46.0 Å². The van der Waals surface area contributed by atoms with Crippen LogP contribution in [0.3, 0.4) is 0 Å². The quantitative estimate of drug-likeness (QED) is 0.710. The van der Waals surface area contributed by atoms with Gasteiger partial charge in [0.2, 0.25) is 5.91 Å². The molecule has 2 rings (SSSR count). The molecule has 6 heteroatoms. The molecule has 0 spiro atoms. The van der Waals surface area contributed by atoms with Gasteiger partial charge in [-0.2, -0.15) is 0 Å². The number of hydrogen-bond acceptors (Lipinski definition) is 3. The summed E-state index contributed by atoms with van der Waals surface area (Å²) in [7, 11) is 2.10. The highest BCUT2D eigenvalue weighted by molar-refractivity contribution is 5.87. The number of amides is 3. The first-order valence-electron chi connectivity index (χ1n) is 9.06. The van der Waals surface area contributed by atoms with Crippen LogP contribution in [0.5, 0.6) is 0 Å². The minimum Gasteiger partial charge on any atom is -0.353 e. The second-order valence-electron chi connectivity index (χ2n) is 7.01. The van der Waals surface area contributed by atoms with E-state index in [1.807, 2.05) is 18.7 Å². The third-order valence-electron chi connectivity index (χ3n) is 5.10. The molecule has 6 nitrogen and oxygen atoms in total. The summed E-state index contributed by atoms with van der Waals surface area (Å²) < 4.78 is 0. The van der Waals surface area contributed by atoms with Gasteiger partial charge in [-0.15, -0.1) is 0 Å². The van der Waals surface area contributed by atoms with E-state index in [-0.39, 0.29) is 17.9 Å². The summed E-state index contributed by atoms with van der Waals surface area (Å²) in [5.74, 6) is 0.0683. The largest absolute Gasteiger partial charge is 0.353 e. The number of hydrogen-bond donors (Lipinski definition) is 2. The minimum absolute atomic E-state index is 0.0592. The summed E-state index contributed by atoms with van der Waals surface area (Å²) in [6.07, 6.45) is 5.51. The van der Waals surface area contributed by atoms with Gasteiger partial charge >= 0.3 is 6.03 Å². The van der Waals surface area contributed by atoms with E-state index in [0.29, 0.717) is 12.6 Å². The molecule has 2 aliphatic rings. The lowest BCUT2D eigenvalue weighted by atomic mass is 9.98. The van der Waals surface area contributed by atoms with Crippen LogP contribution < -0.4 is 10.6 Å². The second kappa shape index (κ2) is 8.52. The molecule has 0 aromatic heterocycles. The van der Waals surface area contributed by atoms with Crippen molar-refractivity contribution in [3.8, 4) is 0 Å². The van der Waals surface area contributed by atoms with Crippen LogP contribution in [0.15, 0.2) is 0 Å². The molecule has 1 aliphatic carbocycles. The van der Waals surface area contributed by atoms with Gasteiger partial charge in [0.25, 0.3) is 0 Å². The molecule has 0 aromatic rings. The van der Waals surface area contributed by atoms with Crippen LogP contribution in [-0.2, 0) is 4.79 Å². The second-order valence-corrected chi connectivity index (χ2v) is 7.01. The first kappa shape index (κ1) is 18.0. The minimum atomic E-state index is -0.445. The Kier molecular flexibility index (Phi) is 6.69. The Morgan fingerprint density at radius 1 is 1.26 bits per heavy atom. The number of nitrogens with zero attached hydrogens (tertiary/aromatic N) is 2. The van der Waals surface area contributed by atoms with Crippen LogP contribution in [0.2, 0.25) is 0 Å². The topological polar surface area (TPSA) is 64.7 Å². The van der Waals surface area contributed by atoms with E-state index in [9.17, 15) is 9.59 Å². The van der Waals surface area contributed by atoms with E-state index < -0.39 is 6.04 Å². The Morgan fingerprint density at radius 2 is 1.91 bits per heavy atom. The zero-order valence-electron chi connectivity index (χ0n) is 14.8. The SMILES string of the molecule is CC[C@H](C)[C@H](NC(=O)N1CCCC1)C(=O)NCCN(C)C1CC1. The average molecular weight is 324 g/mol. The Hall–Kier alpha value is -1.30. The molecule has 23 heavy (non-hydrogen) atoms. The summed E-state index contributed by atoms with van der Waals surface area (Å²) in [6, 6.07) is 0.157. The molecule has 1 aliphatic heterocycles. The predicted molar refractivity (Wildman–Crippen MR) is 91.2 cm³/mol. The van der Waals surface area contributed by atoms with Crippen LogP contribution in [0, 0.1) is 5.92 Å². The summed E-state index contributed by atoms with van der Waals surface area (Å²) in [5, 5.41) is 5.94. The van der Waals surface area contributed by atoms with Crippen molar-refractivity contribution in [3.63, 3.8) is 0 Å². The van der Waals surface area contributed by atoms with E-state index in [4.69, 9.17) is 0 Å². The van der Waals surface area contributed by atoms with Gasteiger partial charge in [0.15, 0.2) is 0 Å². The van der Waals surface area contributed by atoms with Crippen LogP contribution in [0.25, 0.3) is 0 Å². The Morgan fingerprint density at radius 3 is 2.48 bits per heavy atom. The van der Waals surface area contributed by atoms with Crippen molar-refractivity contribution in [1.29, 1.82) is 0 Å². The number of likely N-dealkylation sites (tertiary alicyclic amines) is 1. The van der Waals surface area contributed by atoms with Crippen molar-refractivity contribution < 1.29 is 9.59 Å². The fourth-order valence-corrected chi connectivity index (χ4v) is 3.01. The molecule has 0 aromatic carbocycles. The summed E-state index contributed by atoms with van der Waals surface area (Å²) in [6.45, 7) is 7.17. The molecule has 132 valence electrons. The molecular formula is C17H32N4O2. The molecular weight excluding hydrogens is 292 g/mol. The smallest absolute Gasteiger partial charge is 0.318 e. The zero-order valence-corrected chi connectivity index (χ0v) is 14.8. The number of carbonyl (C=O) groups excluding carboxylic acids is 2. The lowest BCUT2D eigenvalue weighted by molar-refractivity contribution is -0.124. The van der Waals surface area contributed by atoms with Gasteiger partial charge in [0.1, 0.15) is 6.04 Å². The fourth-order valence-electron chi connectivity index (χ4n) is 3.01. The van der Waals surface area contributed by atoms with E-state index >= 15 is 0 Å². The third-order valence-corrected chi connectivity index (χ3v) is 5.10. The molecule has 2 N–H and O–H groups in total. The van der Waals surface area contributed by atoms with E-state index in [1.54, 1.807) is 0 Å². The van der Waals surface area contributed by atoms with Crippen LogP contribution in [-0.4, -0.2) is 67.0 Å². The Labute approximate surface area is 140 Å². The summed E-state index contributed by atoms with van der Waals surface area (Å²) in [5.41, 5.74) is 0. The fraction of sp³-hybridized carbons (Fsp3) is 0.882. The lowest BCUT2D eigenvalue weighted by Crippen LogP contribution is -2.54. The van der Waals surface area contributed by atoms with Crippen molar-refractivity contribution in [2.45, 2.75) is 58.0 Å². The molecule has 0 radical (unpaired) electrons. The Balaban J connectivity index is 1.80. The molecule has 2 atom stereocenters. The number of nitrogens with one attached hydrogen (secondary N) is 2. The molecule has 0 unspecified atom stereocenters. The molecule has 0 bridgehead atoms. The van der Waals surface area contributed by atoms with Gasteiger partial charge in [-0.25, -0.2) is 4.79 Å². The predicted octanol–water partition coefficient (Wildman–Crippen LogP) is 1.42. The highest BCUT2D eigenvalue weighted by Gasteiger charge is 2.29. The average Bonchev–Trinajstić information content (AvgIpc) is 3.25. The molecule has 2 fully saturated rings. The van der Waals surface area contributed by atoms with Crippen LogP contribution >= 0.6 is 0 Å². The van der Waals surface area contributed by atoms with E-state index in [1.165, 1.54) is 12.8 Å². The summed E-state index contributed by atoms with van der Waals surface area (Å²) in [4.78, 5) is 28.9. The highest BCUT2D eigenvalue weighted by atomic mass is 16.2. The number of carbonyl (C=O) groups is 2. The normalized spacial score (nSPS) is 20.4.